The molecule has 118 valence electrons. The minimum atomic E-state index is -0.393. The zero-order valence-electron chi connectivity index (χ0n) is 13.5. The van der Waals surface area contributed by atoms with Crippen LogP contribution in [0.15, 0.2) is 24.5 Å². The molecule has 0 saturated carbocycles. The molecule has 6 heteroatoms. The number of fused-ring (bicyclic) bond motifs is 1. The molecule has 22 heavy (non-hydrogen) atoms. The predicted octanol–water partition coefficient (Wildman–Crippen LogP) is 2.93. The Balaban J connectivity index is 0.000000847. The third kappa shape index (κ3) is 2.95. The Morgan fingerprint density at radius 3 is 2.64 bits per heavy atom. The molecule has 3 rings (SSSR count). The van der Waals surface area contributed by atoms with Gasteiger partial charge in [-0.1, -0.05) is 27.7 Å². The van der Waals surface area contributed by atoms with Gasteiger partial charge < -0.3 is 0 Å². The van der Waals surface area contributed by atoms with E-state index in [1.165, 1.54) is 10.5 Å². The lowest BCUT2D eigenvalue weighted by molar-refractivity contribution is -0.120. The van der Waals surface area contributed by atoms with Gasteiger partial charge in [0.1, 0.15) is 11.5 Å². The van der Waals surface area contributed by atoms with Crippen molar-refractivity contribution in [3.8, 4) is 0 Å². The van der Waals surface area contributed by atoms with Crippen molar-refractivity contribution < 1.29 is 9.59 Å². The number of pyridine rings is 1. The molecule has 3 amide bonds. The number of anilines is 1. The number of imidazole rings is 1. The van der Waals surface area contributed by atoms with Gasteiger partial charge in [0, 0.05) is 19.2 Å². The van der Waals surface area contributed by atoms with Gasteiger partial charge in [-0.05, 0) is 23.6 Å². The zero-order chi connectivity index (χ0) is 16.3. The number of hydrogen-bond donors (Lipinski definition) is 1. The number of aromatic nitrogens is 2. The maximum Gasteiger partial charge on any atom is 0.329 e. The van der Waals surface area contributed by atoms with E-state index in [0.717, 1.165) is 5.65 Å². The molecule has 1 N–H and O–H groups in total. The van der Waals surface area contributed by atoms with Crippen LogP contribution in [0, 0.1) is 0 Å². The summed E-state index contributed by atoms with van der Waals surface area (Å²) in [5.41, 5.74) is 2.00. The number of nitrogens with one attached hydrogen (secondary N) is 1. The molecule has 3 heterocycles. The fourth-order valence-corrected chi connectivity index (χ4v) is 2.32. The molecule has 0 aliphatic carbocycles. The number of amides is 3. The number of carbonyl (C=O) groups excluding carboxylic acids is 2. The van der Waals surface area contributed by atoms with E-state index >= 15 is 0 Å². The van der Waals surface area contributed by atoms with E-state index in [-0.39, 0.29) is 5.91 Å². The zero-order valence-corrected chi connectivity index (χ0v) is 13.5. The fourth-order valence-electron chi connectivity index (χ4n) is 2.32. The molecule has 1 saturated heterocycles. The molecule has 0 atom stereocenters. The van der Waals surface area contributed by atoms with Gasteiger partial charge in [-0.3, -0.25) is 19.4 Å². The summed E-state index contributed by atoms with van der Waals surface area (Å²) in [5, 5.41) is 2.32. The van der Waals surface area contributed by atoms with Crippen LogP contribution in [0.1, 0.15) is 45.6 Å². The average Bonchev–Trinajstić information content (AvgIpc) is 2.92. The van der Waals surface area contributed by atoms with Crippen molar-refractivity contribution in [3.05, 3.63) is 30.1 Å². The summed E-state index contributed by atoms with van der Waals surface area (Å²) >= 11 is 0. The van der Waals surface area contributed by atoms with Crippen LogP contribution in [0.5, 0.6) is 0 Å². The molecular weight excluding hydrogens is 280 g/mol. The number of carbonyl (C=O) groups is 2. The summed E-state index contributed by atoms with van der Waals surface area (Å²) in [5.74, 6) is 0.874. The highest BCUT2D eigenvalue weighted by Gasteiger charge is 2.26. The Morgan fingerprint density at radius 1 is 1.27 bits per heavy atom. The maximum absolute atomic E-state index is 11.9. The molecule has 1 fully saturated rings. The van der Waals surface area contributed by atoms with Crippen LogP contribution in [-0.2, 0) is 4.79 Å². The topological polar surface area (TPSA) is 66.7 Å². The van der Waals surface area contributed by atoms with Gasteiger partial charge in [0.15, 0.2) is 0 Å². The standard InChI is InChI=1S/C14H16N4O2.C2H6/c1-9(2)10-3-5-17-11(7-10)15-8-13(17)18-6-4-12(19)16-14(18)20;1-2/h3,5,7-9H,4,6H2,1-2H3,(H,16,19,20);1-2H3. The summed E-state index contributed by atoms with van der Waals surface area (Å²) in [4.78, 5) is 29.0. The molecule has 0 radical (unpaired) electrons. The van der Waals surface area contributed by atoms with Gasteiger partial charge in [-0.25, -0.2) is 9.78 Å². The van der Waals surface area contributed by atoms with Crippen LogP contribution >= 0.6 is 0 Å². The average molecular weight is 302 g/mol. The van der Waals surface area contributed by atoms with Crippen LogP contribution in [0.2, 0.25) is 0 Å². The number of rotatable bonds is 2. The van der Waals surface area contributed by atoms with Crippen LogP contribution in [0.3, 0.4) is 0 Å². The van der Waals surface area contributed by atoms with E-state index < -0.39 is 6.03 Å². The highest BCUT2D eigenvalue weighted by Crippen LogP contribution is 2.22. The van der Waals surface area contributed by atoms with E-state index in [1.54, 1.807) is 6.20 Å². The molecule has 2 aromatic heterocycles. The second kappa shape index (κ2) is 6.60. The molecular formula is C16H22N4O2. The number of hydrogen-bond acceptors (Lipinski definition) is 3. The molecule has 0 unspecified atom stereocenters. The first kappa shape index (κ1) is 16.0. The summed E-state index contributed by atoms with van der Waals surface area (Å²) in [7, 11) is 0. The molecule has 2 aromatic rings. The van der Waals surface area contributed by atoms with E-state index in [1.807, 2.05) is 36.6 Å². The van der Waals surface area contributed by atoms with Gasteiger partial charge in [0.25, 0.3) is 0 Å². The minimum Gasteiger partial charge on any atom is -0.286 e. The Kier molecular flexibility index (Phi) is 4.80. The first-order valence-corrected chi connectivity index (χ1v) is 7.64. The SMILES string of the molecule is CC.CC(C)c1ccn2c(N3CCC(=O)NC3=O)cnc2c1. The molecule has 1 aliphatic rings. The van der Waals surface area contributed by atoms with Crippen LogP contribution in [0.25, 0.3) is 5.65 Å². The van der Waals surface area contributed by atoms with Gasteiger partial charge >= 0.3 is 6.03 Å². The third-order valence-electron chi connectivity index (χ3n) is 3.51. The van der Waals surface area contributed by atoms with E-state index in [2.05, 4.69) is 24.1 Å². The molecule has 6 nitrogen and oxygen atoms in total. The van der Waals surface area contributed by atoms with Crippen molar-refractivity contribution in [2.75, 3.05) is 11.4 Å². The van der Waals surface area contributed by atoms with Gasteiger partial charge in [0.2, 0.25) is 5.91 Å². The molecule has 1 aliphatic heterocycles. The van der Waals surface area contributed by atoms with E-state index in [4.69, 9.17) is 0 Å². The van der Waals surface area contributed by atoms with Crippen LogP contribution in [-0.4, -0.2) is 27.9 Å². The van der Waals surface area contributed by atoms with E-state index in [0.29, 0.717) is 24.7 Å². The maximum atomic E-state index is 11.9. The Labute approximate surface area is 130 Å². The number of urea groups is 1. The Morgan fingerprint density at radius 2 is 2.00 bits per heavy atom. The summed E-state index contributed by atoms with van der Waals surface area (Å²) in [6.07, 6.45) is 3.88. The first-order chi connectivity index (χ1) is 10.6. The second-order valence-electron chi connectivity index (χ2n) is 5.21. The van der Waals surface area contributed by atoms with Crippen molar-refractivity contribution in [2.24, 2.45) is 0 Å². The minimum absolute atomic E-state index is 0.234. The predicted molar refractivity (Wildman–Crippen MR) is 86.1 cm³/mol. The van der Waals surface area contributed by atoms with Crippen molar-refractivity contribution >= 4 is 23.4 Å². The summed E-state index contributed by atoms with van der Waals surface area (Å²) in [6.45, 7) is 8.63. The van der Waals surface area contributed by atoms with Crippen molar-refractivity contribution in [2.45, 2.75) is 40.0 Å². The van der Waals surface area contributed by atoms with Crippen LogP contribution < -0.4 is 10.2 Å². The smallest absolute Gasteiger partial charge is 0.286 e. The molecule has 0 bridgehead atoms. The largest absolute Gasteiger partial charge is 0.329 e. The van der Waals surface area contributed by atoms with Gasteiger partial charge in [-0.15, -0.1) is 0 Å². The molecule has 0 spiro atoms. The normalized spacial score (nSPS) is 14.9. The number of nitrogens with zero attached hydrogens (tertiary/aromatic N) is 3. The first-order valence-electron chi connectivity index (χ1n) is 7.64. The highest BCUT2D eigenvalue weighted by molar-refractivity contribution is 6.05. The van der Waals surface area contributed by atoms with Crippen molar-refractivity contribution in [3.63, 3.8) is 0 Å². The second-order valence-corrected chi connectivity index (χ2v) is 5.21. The van der Waals surface area contributed by atoms with Crippen molar-refractivity contribution in [1.29, 1.82) is 0 Å². The lowest BCUT2D eigenvalue weighted by Crippen LogP contribution is -2.50. The number of imide groups is 1. The molecule has 0 aromatic carbocycles. The fraction of sp³-hybridized carbons (Fsp3) is 0.438. The Hall–Kier alpha value is -2.37. The van der Waals surface area contributed by atoms with Crippen molar-refractivity contribution in [1.82, 2.24) is 14.7 Å². The van der Waals surface area contributed by atoms with Crippen LogP contribution in [0.4, 0.5) is 10.6 Å². The summed E-state index contributed by atoms with van der Waals surface area (Å²) in [6, 6.07) is 3.65. The quantitative estimate of drug-likeness (QED) is 0.927. The Bertz CT molecular complexity index is 691. The third-order valence-corrected chi connectivity index (χ3v) is 3.51. The lowest BCUT2D eigenvalue weighted by atomic mass is 10.1. The highest BCUT2D eigenvalue weighted by atomic mass is 16.2. The monoisotopic (exact) mass is 302 g/mol. The van der Waals surface area contributed by atoms with Gasteiger partial charge in [0.05, 0.1) is 6.20 Å². The van der Waals surface area contributed by atoms with E-state index in [9.17, 15) is 9.59 Å². The van der Waals surface area contributed by atoms with Gasteiger partial charge in [-0.2, -0.15) is 0 Å². The lowest BCUT2D eigenvalue weighted by Gasteiger charge is -2.25. The summed E-state index contributed by atoms with van der Waals surface area (Å²) < 4.78 is 1.86.